The van der Waals surface area contributed by atoms with Crippen molar-refractivity contribution in [1.82, 2.24) is 4.72 Å². The average Bonchev–Trinajstić information content (AvgIpc) is 2.43. The largest absolute Gasteiger partial charge is 0.392 e. The third-order valence-electron chi connectivity index (χ3n) is 3.16. The fraction of sp³-hybridized carbons (Fsp3) is 0.900. The predicted octanol–water partition coefficient (Wildman–Crippen LogP) is 0.274. The summed E-state index contributed by atoms with van der Waals surface area (Å²) in [4.78, 5) is -0.0550. The van der Waals surface area contributed by atoms with Gasteiger partial charge in [-0.1, -0.05) is 31.5 Å². The van der Waals surface area contributed by atoms with E-state index in [4.69, 9.17) is 5.73 Å². The standard InChI is InChI=1S/C10H20N2O3S2/c1-7(10(11)16)17(14,15)12-8-5-3-2-4-6-9(8)13/h7-9,12-13H,2-6H2,1H3,(H2,11,16). The highest BCUT2D eigenvalue weighted by Gasteiger charge is 2.30. The molecule has 0 aromatic rings. The third kappa shape index (κ3) is 4.17. The average molecular weight is 280 g/mol. The van der Waals surface area contributed by atoms with E-state index < -0.39 is 27.4 Å². The molecule has 4 N–H and O–H groups in total. The molecule has 1 aliphatic rings. The van der Waals surface area contributed by atoms with Crippen molar-refractivity contribution in [3.8, 4) is 0 Å². The van der Waals surface area contributed by atoms with Crippen molar-refractivity contribution < 1.29 is 13.5 Å². The van der Waals surface area contributed by atoms with Crippen LogP contribution in [0.5, 0.6) is 0 Å². The summed E-state index contributed by atoms with van der Waals surface area (Å²) < 4.78 is 26.3. The molecule has 0 heterocycles. The van der Waals surface area contributed by atoms with Crippen molar-refractivity contribution in [2.45, 2.75) is 56.4 Å². The summed E-state index contributed by atoms with van der Waals surface area (Å²) in [6.45, 7) is 1.45. The minimum Gasteiger partial charge on any atom is -0.392 e. The van der Waals surface area contributed by atoms with E-state index in [1.807, 2.05) is 0 Å². The van der Waals surface area contributed by atoms with E-state index >= 15 is 0 Å². The van der Waals surface area contributed by atoms with Crippen LogP contribution in [0.2, 0.25) is 0 Å². The Morgan fingerprint density at radius 2 is 2.00 bits per heavy atom. The molecule has 1 saturated carbocycles. The number of aliphatic hydroxyl groups excluding tert-OH is 1. The van der Waals surface area contributed by atoms with Gasteiger partial charge in [-0.05, 0) is 19.8 Å². The van der Waals surface area contributed by atoms with Crippen LogP contribution in [0.1, 0.15) is 39.0 Å². The first kappa shape index (κ1) is 14.8. The zero-order valence-electron chi connectivity index (χ0n) is 9.93. The van der Waals surface area contributed by atoms with E-state index in [1.54, 1.807) is 0 Å². The lowest BCUT2D eigenvalue weighted by atomic mass is 10.1. The second-order valence-corrected chi connectivity index (χ2v) is 7.02. The summed E-state index contributed by atoms with van der Waals surface area (Å²) >= 11 is 4.69. The Bertz CT molecular complexity index is 370. The zero-order valence-corrected chi connectivity index (χ0v) is 11.6. The molecule has 1 rings (SSSR count). The monoisotopic (exact) mass is 280 g/mol. The second-order valence-electron chi connectivity index (χ2n) is 4.52. The van der Waals surface area contributed by atoms with Gasteiger partial charge in [0.1, 0.15) is 5.25 Å². The quantitative estimate of drug-likeness (QED) is 0.508. The number of thiocarbonyl (C=S) groups is 1. The lowest BCUT2D eigenvalue weighted by molar-refractivity contribution is 0.130. The summed E-state index contributed by atoms with van der Waals surface area (Å²) in [6, 6.07) is -0.417. The van der Waals surface area contributed by atoms with Crippen LogP contribution in [0.3, 0.4) is 0 Å². The van der Waals surface area contributed by atoms with Crippen molar-refractivity contribution in [3.05, 3.63) is 0 Å². The van der Waals surface area contributed by atoms with Crippen LogP contribution in [-0.4, -0.2) is 35.9 Å². The van der Waals surface area contributed by atoms with Gasteiger partial charge in [-0.25, -0.2) is 13.1 Å². The van der Waals surface area contributed by atoms with Crippen molar-refractivity contribution in [1.29, 1.82) is 0 Å². The van der Waals surface area contributed by atoms with Gasteiger partial charge in [0.2, 0.25) is 10.0 Å². The minimum absolute atomic E-state index is 0.0550. The van der Waals surface area contributed by atoms with Crippen LogP contribution in [0, 0.1) is 0 Å². The summed E-state index contributed by atoms with van der Waals surface area (Å²) in [5, 5.41) is 8.93. The predicted molar refractivity (Wildman–Crippen MR) is 71.2 cm³/mol. The number of rotatable bonds is 4. The molecule has 7 heteroatoms. The Morgan fingerprint density at radius 1 is 1.41 bits per heavy atom. The fourth-order valence-electron chi connectivity index (χ4n) is 1.89. The van der Waals surface area contributed by atoms with Gasteiger partial charge in [-0.2, -0.15) is 0 Å². The Labute approximate surface area is 108 Å². The molecule has 0 bridgehead atoms. The molecule has 0 aromatic heterocycles. The highest BCUT2D eigenvalue weighted by Crippen LogP contribution is 2.19. The van der Waals surface area contributed by atoms with Gasteiger partial charge in [0.15, 0.2) is 0 Å². The van der Waals surface area contributed by atoms with Crippen LogP contribution in [0.15, 0.2) is 0 Å². The van der Waals surface area contributed by atoms with Gasteiger partial charge in [0.05, 0.1) is 11.1 Å². The topological polar surface area (TPSA) is 92.4 Å². The summed E-state index contributed by atoms with van der Waals surface area (Å²) in [6.07, 6.45) is 3.56. The van der Waals surface area contributed by atoms with Gasteiger partial charge < -0.3 is 10.8 Å². The molecule has 1 fully saturated rings. The molecule has 100 valence electrons. The first-order chi connectivity index (χ1) is 7.84. The van der Waals surface area contributed by atoms with Crippen molar-refractivity contribution >= 4 is 27.2 Å². The van der Waals surface area contributed by atoms with Gasteiger partial charge in [0, 0.05) is 6.04 Å². The van der Waals surface area contributed by atoms with E-state index in [1.165, 1.54) is 6.92 Å². The Morgan fingerprint density at radius 3 is 2.59 bits per heavy atom. The number of hydrogen-bond acceptors (Lipinski definition) is 4. The maximum absolute atomic E-state index is 11.9. The van der Waals surface area contributed by atoms with Crippen molar-refractivity contribution in [3.63, 3.8) is 0 Å². The number of hydrogen-bond donors (Lipinski definition) is 3. The molecule has 0 amide bonds. The molecule has 3 atom stereocenters. The van der Waals surface area contributed by atoms with Crippen molar-refractivity contribution in [2.75, 3.05) is 0 Å². The SMILES string of the molecule is CC(C(N)=S)S(=O)(=O)NC1CCCCCC1O. The number of nitrogens with one attached hydrogen (secondary N) is 1. The molecule has 3 unspecified atom stereocenters. The first-order valence-corrected chi connectivity index (χ1v) is 7.78. The van der Waals surface area contributed by atoms with Gasteiger partial charge in [-0.15, -0.1) is 0 Å². The normalized spacial score (nSPS) is 28.4. The highest BCUT2D eigenvalue weighted by atomic mass is 32.2. The molecule has 5 nitrogen and oxygen atoms in total. The van der Waals surface area contributed by atoms with Crippen LogP contribution in [0.25, 0.3) is 0 Å². The third-order valence-corrected chi connectivity index (χ3v) is 5.48. The lowest BCUT2D eigenvalue weighted by Crippen LogP contribution is -2.48. The van der Waals surface area contributed by atoms with Gasteiger partial charge in [-0.3, -0.25) is 0 Å². The number of aliphatic hydroxyl groups is 1. The smallest absolute Gasteiger partial charge is 0.221 e. The Hall–Kier alpha value is -0.240. The van der Waals surface area contributed by atoms with E-state index in [9.17, 15) is 13.5 Å². The van der Waals surface area contributed by atoms with Crippen LogP contribution in [-0.2, 0) is 10.0 Å². The molecule has 0 spiro atoms. The van der Waals surface area contributed by atoms with Crippen LogP contribution >= 0.6 is 12.2 Å². The van der Waals surface area contributed by atoms with E-state index in [2.05, 4.69) is 16.9 Å². The molecule has 1 aliphatic carbocycles. The van der Waals surface area contributed by atoms with E-state index in [0.29, 0.717) is 12.8 Å². The van der Waals surface area contributed by atoms with Crippen LogP contribution < -0.4 is 10.5 Å². The highest BCUT2D eigenvalue weighted by molar-refractivity contribution is 7.93. The second kappa shape index (κ2) is 6.08. The molecular formula is C10H20N2O3S2. The van der Waals surface area contributed by atoms with E-state index in [-0.39, 0.29) is 4.99 Å². The van der Waals surface area contributed by atoms with Gasteiger partial charge >= 0.3 is 0 Å². The maximum atomic E-state index is 11.9. The van der Waals surface area contributed by atoms with Gasteiger partial charge in [0.25, 0.3) is 0 Å². The fourth-order valence-corrected chi connectivity index (χ4v) is 3.48. The van der Waals surface area contributed by atoms with Crippen LogP contribution in [0.4, 0.5) is 0 Å². The Balaban J connectivity index is 2.71. The zero-order chi connectivity index (χ0) is 13.1. The molecule has 0 radical (unpaired) electrons. The molecule has 0 aliphatic heterocycles. The lowest BCUT2D eigenvalue weighted by Gasteiger charge is -2.23. The molecular weight excluding hydrogens is 260 g/mol. The first-order valence-electron chi connectivity index (χ1n) is 5.83. The summed E-state index contributed by atoms with van der Waals surface area (Å²) in [5.74, 6) is 0. The van der Waals surface area contributed by atoms with Crippen molar-refractivity contribution in [2.24, 2.45) is 5.73 Å². The summed E-state index contributed by atoms with van der Waals surface area (Å²) in [5.41, 5.74) is 5.34. The maximum Gasteiger partial charge on any atom is 0.221 e. The summed E-state index contributed by atoms with van der Waals surface area (Å²) in [7, 11) is -3.58. The molecule has 17 heavy (non-hydrogen) atoms. The Kier molecular flexibility index (Phi) is 5.30. The molecule has 0 saturated heterocycles. The van der Waals surface area contributed by atoms with E-state index in [0.717, 1.165) is 19.3 Å². The minimum atomic E-state index is -3.58. The molecule has 0 aromatic carbocycles. The number of nitrogens with two attached hydrogens (primary N) is 1. The number of sulfonamides is 1.